The number of nitrogens with zero attached hydrogens (tertiary/aromatic N) is 3. The average Bonchev–Trinajstić information content (AvgIpc) is 2.55. The molecule has 2 heterocycles. The van der Waals surface area contributed by atoms with Crippen molar-refractivity contribution >= 4 is 17.4 Å². The molecule has 1 N–H and O–H groups in total. The van der Waals surface area contributed by atoms with Crippen LogP contribution in [0.2, 0.25) is 5.15 Å². The van der Waals surface area contributed by atoms with E-state index >= 15 is 0 Å². The van der Waals surface area contributed by atoms with E-state index in [1.807, 2.05) is 26.8 Å². The molecule has 1 aromatic carbocycles. The molecule has 3 aromatic rings. The third-order valence-electron chi connectivity index (χ3n) is 3.69. The summed E-state index contributed by atoms with van der Waals surface area (Å²) in [4.78, 5) is 12.7. The second kappa shape index (κ2) is 7.52. The Hall–Kier alpha value is -2.67. The van der Waals surface area contributed by atoms with Gasteiger partial charge in [-0.3, -0.25) is 4.98 Å². The molecule has 0 fully saturated rings. The van der Waals surface area contributed by atoms with Crippen molar-refractivity contribution < 1.29 is 13.2 Å². The van der Waals surface area contributed by atoms with E-state index in [1.165, 1.54) is 0 Å². The van der Waals surface area contributed by atoms with Crippen LogP contribution in [0.4, 0.5) is 19.0 Å². The minimum Gasteiger partial charge on any atom is -0.367 e. The molecule has 0 aliphatic heterocycles. The number of halogens is 4. The average molecular weight is 393 g/mol. The molecule has 0 aliphatic carbocycles. The van der Waals surface area contributed by atoms with Gasteiger partial charge in [0.1, 0.15) is 34.1 Å². The predicted octanol–water partition coefficient (Wildman–Crippen LogP) is 5.41. The van der Waals surface area contributed by atoms with Crippen molar-refractivity contribution in [2.45, 2.75) is 26.8 Å². The van der Waals surface area contributed by atoms with E-state index in [9.17, 15) is 13.2 Å². The van der Waals surface area contributed by atoms with Crippen LogP contribution < -0.4 is 5.32 Å². The predicted molar refractivity (Wildman–Crippen MR) is 99.1 cm³/mol. The van der Waals surface area contributed by atoms with Gasteiger partial charge < -0.3 is 5.32 Å². The van der Waals surface area contributed by atoms with Crippen LogP contribution in [0.5, 0.6) is 0 Å². The van der Waals surface area contributed by atoms with Gasteiger partial charge in [-0.1, -0.05) is 11.6 Å². The molecule has 140 valence electrons. The van der Waals surface area contributed by atoms with Crippen LogP contribution in [0.3, 0.4) is 0 Å². The molecular weight excluding hydrogens is 377 g/mol. The number of aryl methyl sites for hydroxylation is 1. The zero-order chi connectivity index (χ0) is 19.7. The Labute approximate surface area is 159 Å². The first-order chi connectivity index (χ1) is 12.8. The maximum absolute atomic E-state index is 14.3. The lowest BCUT2D eigenvalue weighted by atomic mass is 10.1. The SMILES string of the molecule is Cc1ccnc(-c2nc(Cl)c(-c3c(F)cc(F)cc3F)c(NC(C)C)n2)c1. The van der Waals surface area contributed by atoms with Crippen LogP contribution in [0.1, 0.15) is 19.4 Å². The summed E-state index contributed by atoms with van der Waals surface area (Å²) in [5.74, 6) is -2.87. The third kappa shape index (κ3) is 4.03. The van der Waals surface area contributed by atoms with Crippen molar-refractivity contribution in [2.75, 3.05) is 5.32 Å². The summed E-state index contributed by atoms with van der Waals surface area (Å²) in [6, 6.07) is 4.65. The minimum absolute atomic E-state index is 0.0724. The van der Waals surface area contributed by atoms with Crippen molar-refractivity contribution in [1.82, 2.24) is 15.0 Å². The van der Waals surface area contributed by atoms with E-state index in [2.05, 4.69) is 20.3 Å². The molecule has 0 saturated heterocycles. The van der Waals surface area contributed by atoms with E-state index in [4.69, 9.17) is 11.6 Å². The third-order valence-corrected chi connectivity index (χ3v) is 3.97. The first kappa shape index (κ1) is 19.1. The Balaban J connectivity index is 2.26. The Morgan fingerprint density at radius 3 is 2.26 bits per heavy atom. The number of hydrogen-bond donors (Lipinski definition) is 1. The summed E-state index contributed by atoms with van der Waals surface area (Å²) >= 11 is 6.28. The van der Waals surface area contributed by atoms with Gasteiger partial charge in [-0.05, 0) is 38.5 Å². The number of benzene rings is 1. The summed E-state index contributed by atoms with van der Waals surface area (Å²) in [5, 5.41) is 2.85. The Morgan fingerprint density at radius 1 is 1.00 bits per heavy atom. The highest BCUT2D eigenvalue weighted by molar-refractivity contribution is 6.32. The smallest absolute Gasteiger partial charge is 0.181 e. The highest BCUT2D eigenvalue weighted by atomic mass is 35.5. The minimum atomic E-state index is -1.09. The maximum Gasteiger partial charge on any atom is 0.181 e. The molecule has 0 spiro atoms. The monoisotopic (exact) mass is 392 g/mol. The molecule has 27 heavy (non-hydrogen) atoms. The first-order valence-corrected chi connectivity index (χ1v) is 8.56. The van der Waals surface area contributed by atoms with E-state index in [1.54, 1.807) is 12.3 Å². The van der Waals surface area contributed by atoms with Crippen LogP contribution in [0, 0.1) is 24.4 Å². The fourth-order valence-electron chi connectivity index (χ4n) is 2.59. The van der Waals surface area contributed by atoms with Crippen LogP contribution >= 0.6 is 11.6 Å². The molecule has 0 saturated carbocycles. The number of rotatable bonds is 4. The zero-order valence-corrected chi connectivity index (χ0v) is 15.6. The standard InChI is InChI=1S/C19H16ClF3N4/c1-9(2)25-19-16(15-12(22)7-11(21)8-13(15)23)17(20)26-18(27-19)14-6-10(3)4-5-24-14/h4-9H,1-3H3,(H,25,26,27). The van der Waals surface area contributed by atoms with Gasteiger partial charge in [0.05, 0.1) is 11.1 Å². The number of anilines is 1. The summed E-state index contributed by atoms with van der Waals surface area (Å²) < 4.78 is 42.0. The number of aromatic nitrogens is 3. The molecular formula is C19H16ClF3N4. The number of pyridine rings is 1. The zero-order valence-electron chi connectivity index (χ0n) is 14.8. The van der Waals surface area contributed by atoms with Crippen LogP contribution in [0.15, 0.2) is 30.5 Å². The summed E-state index contributed by atoms with van der Waals surface area (Å²) in [6.07, 6.45) is 1.60. The van der Waals surface area contributed by atoms with E-state index in [0.717, 1.165) is 5.56 Å². The molecule has 4 nitrogen and oxygen atoms in total. The fourth-order valence-corrected chi connectivity index (χ4v) is 2.85. The second-order valence-electron chi connectivity index (χ2n) is 6.32. The van der Waals surface area contributed by atoms with Crippen molar-refractivity contribution in [1.29, 1.82) is 0 Å². The normalized spacial score (nSPS) is 11.1. The van der Waals surface area contributed by atoms with Crippen molar-refractivity contribution in [3.63, 3.8) is 0 Å². The molecule has 0 radical (unpaired) electrons. The molecule has 2 aromatic heterocycles. The largest absolute Gasteiger partial charge is 0.367 e. The summed E-state index contributed by atoms with van der Waals surface area (Å²) in [7, 11) is 0. The lowest BCUT2D eigenvalue weighted by Crippen LogP contribution is -2.14. The van der Waals surface area contributed by atoms with Gasteiger partial charge in [0.2, 0.25) is 0 Å². The number of hydrogen-bond acceptors (Lipinski definition) is 4. The van der Waals surface area contributed by atoms with Crippen LogP contribution in [-0.2, 0) is 0 Å². The molecule has 8 heteroatoms. The highest BCUT2D eigenvalue weighted by Gasteiger charge is 2.23. The molecule has 3 rings (SSSR count). The van der Waals surface area contributed by atoms with E-state index < -0.39 is 23.0 Å². The highest BCUT2D eigenvalue weighted by Crippen LogP contribution is 2.38. The van der Waals surface area contributed by atoms with Crippen LogP contribution in [0.25, 0.3) is 22.6 Å². The Bertz CT molecular complexity index is 985. The maximum atomic E-state index is 14.3. The van der Waals surface area contributed by atoms with Crippen molar-refractivity contribution in [3.8, 4) is 22.6 Å². The summed E-state index contributed by atoms with van der Waals surface area (Å²) in [5.41, 5.74) is 0.846. The molecule has 0 aliphatic rings. The molecule has 0 unspecified atom stereocenters. The molecule has 0 amide bonds. The van der Waals surface area contributed by atoms with Gasteiger partial charge in [0.15, 0.2) is 5.82 Å². The van der Waals surface area contributed by atoms with Gasteiger partial charge in [0.25, 0.3) is 0 Å². The van der Waals surface area contributed by atoms with Gasteiger partial charge >= 0.3 is 0 Å². The topological polar surface area (TPSA) is 50.7 Å². The second-order valence-corrected chi connectivity index (χ2v) is 6.68. The van der Waals surface area contributed by atoms with Crippen LogP contribution in [-0.4, -0.2) is 21.0 Å². The molecule has 0 bridgehead atoms. The lowest BCUT2D eigenvalue weighted by molar-refractivity contribution is 0.548. The van der Waals surface area contributed by atoms with Gasteiger partial charge in [-0.15, -0.1) is 0 Å². The number of nitrogens with one attached hydrogen (secondary N) is 1. The fraction of sp³-hybridized carbons (Fsp3) is 0.211. The quantitative estimate of drug-likeness (QED) is 0.603. The van der Waals surface area contributed by atoms with Crippen molar-refractivity contribution in [3.05, 3.63) is 58.6 Å². The first-order valence-electron chi connectivity index (χ1n) is 8.18. The Kier molecular flexibility index (Phi) is 5.32. The van der Waals surface area contributed by atoms with E-state index in [0.29, 0.717) is 17.8 Å². The lowest BCUT2D eigenvalue weighted by Gasteiger charge is -2.17. The van der Waals surface area contributed by atoms with Gasteiger partial charge in [-0.2, -0.15) is 0 Å². The Morgan fingerprint density at radius 2 is 1.67 bits per heavy atom. The van der Waals surface area contributed by atoms with E-state index in [-0.39, 0.29) is 28.4 Å². The van der Waals surface area contributed by atoms with Crippen molar-refractivity contribution in [2.24, 2.45) is 0 Å². The van der Waals surface area contributed by atoms with Gasteiger partial charge in [0, 0.05) is 24.4 Å². The molecule has 0 atom stereocenters. The summed E-state index contributed by atoms with van der Waals surface area (Å²) in [6.45, 7) is 5.56. The van der Waals surface area contributed by atoms with Gasteiger partial charge in [-0.25, -0.2) is 23.1 Å².